The number of nitrogens with one attached hydrogen (secondary N) is 3. The van der Waals surface area contributed by atoms with Gasteiger partial charge < -0.3 is 10.6 Å². The van der Waals surface area contributed by atoms with E-state index in [-0.39, 0.29) is 17.3 Å². The summed E-state index contributed by atoms with van der Waals surface area (Å²) in [7, 11) is -3.91. The fraction of sp³-hybridized carbons (Fsp3) is 0.292. The van der Waals surface area contributed by atoms with E-state index in [1.54, 1.807) is 0 Å². The lowest BCUT2D eigenvalue weighted by atomic mass is 10.1. The van der Waals surface area contributed by atoms with Crippen molar-refractivity contribution in [1.29, 1.82) is 0 Å². The number of aromatic nitrogens is 2. The molecule has 10 heteroatoms. The highest BCUT2D eigenvalue weighted by atomic mass is 32.2. The van der Waals surface area contributed by atoms with Crippen molar-refractivity contribution in [2.24, 2.45) is 0 Å². The van der Waals surface area contributed by atoms with Crippen LogP contribution in [0.5, 0.6) is 0 Å². The van der Waals surface area contributed by atoms with Crippen LogP contribution >= 0.6 is 0 Å². The van der Waals surface area contributed by atoms with Gasteiger partial charge in [-0.15, -0.1) is 0 Å². The van der Waals surface area contributed by atoms with Gasteiger partial charge in [-0.1, -0.05) is 24.3 Å². The van der Waals surface area contributed by atoms with E-state index >= 15 is 0 Å². The Morgan fingerprint density at radius 3 is 2.32 bits per heavy atom. The molecule has 0 aliphatic carbocycles. The molecule has 0 unspecified atom stereocenters. The summed E-state index contributed by atoms with van der Waals surface area (Å²) in [6, 6.07) is 14.5. The summed E-state index contributed by atoms with van der Waals surface area (Å²) < 4.78 is 29.5. The number of carbonyl (C=O) groups excluding carboxylic acids is 2. The predicted octanol–water partition coefficient (Wildman–Crippen LogP) is 2.49. The van der Waals surface area contributed by atoms with E-state index in [4.69, 9.17) is 0 Å². The van der Waals surface area contributed by atoms with Crippen LogP contribution < -0.4 is 15.4 Å². The Bertz CT molecular complexity index is 1280. The maximum absolute atomic E-state index is 12.6. The van der Waals surface area contributed by atoms with Crippen LogP contribution in [-0.4, -0.2) is 36.1 Å². The first-order valence-electron chi connectivity index (χ1n) is 10.8. The summed E-state index contributed by atoms with van der Waals surface area (Å²) in [6.07, 6.45) is 0. The second kappa shape index (κ2) is 10.6. The molecule has 0 saturated carbocycles. The number of rotatable bonds is 9. The third-order valence-corrected chi connectivity index (χ3v) is 6.66. The number of hydrogen-bond donors (Lipinski definition) is 3. The van der Waals surface area contributed by atoms with E-state index in [2.05, 4.69) is 20.5 Å². The smallest absolute Gasteiger partial charge is 0.241 e. The Kier molecular flexibility index (Phi) is 7.85. The first-order chi connectivity index (χ1) is 16.0. The Morgan fingerprint density at radius 1 is 1.03 bits per heavy atom. The van der Waals surface area contributed by atoms with Gasteiger partial charge in [-0.05, 0) is 62.2 Å². The molecule has 0 bridgehead atoms. The largest absolute Gasteiger partial charge is 0.351 e. The third-order valence-electron chi connectivity index (χ3n) is 5.10. The van der Waals surface area contributed by atoms with Crippen molar-refractivity contribution >= 4 is 27.5 Å². The summed E-state index contributed by atoms with van der Waals surface area (Å²) in [5, 5.41) is 9.82. The van der Waals surface area contributed by atoms with Crippen molar-refractivity contribution in [3.8, 4) is 0 Å². The molecule has 1 aromatic heterocycles. The molecule has 2 aromatic carbocycles. The van der Waals surface area contributed by atoms with Crippen LogP contribution in [0.3, 0.4) is 0 Å². The van der Waals surface area contributed by atoms with Crippen molar-refractivity contribution in [2.75, 3.05) is 5.32 Å². The van der Waals surface area contributed by atoms with Crippen molar-refractivity contribution in [3.05, 3.63) is 77.1 Å². The third kappa shape index (κ3) is 6.75. The number of anilines is 1. The monoisotopic (exact) mass is 483 g/mol. The van der Waals surface area contributed by atoms with E-state index in [9.17, 15) is 18.0 Å². The molecule has 0 fully saturated rings. The molecule has 0 radical (unpaired) electrons. The van der Waals surface area contributed by atoms with Gasteiger partial charge >= 0.3 is 0 Å². The van der Waals surface area contributed by atoms with Crippen LogP contribution in [0, 0.1) is 13.8 Å². The first-order valence-corrected chi connectivity index (χ1v) is 12.3. The van der Waals surface area contributed by atoms with Crippen LogP contribution in [0.25, 0.3) is 0 Å². The maximum atomic E-state index is 12.6. The van der Waals surface area contributed by atoms with Gasteiger partial charge in [0.15, 0.2) is 0 Å². The molecule has 1 heterocycles. The van der Waals surface area contributed by atoms with Crippen LogP contribution in [0.4, 0.5) is 5.69 Å². The fourth-order valence-electron chi connectivity index (χ4n) is 3.46. The zero-order valence-corrected chi connectivity index (χ0v) is 20.4. The van der Waals surface area contributed by atoms with E-state index < -0.39 is 22.0 Å². The quantitative estimate of drug-likeness (QED) is 0.432. The van der Waals surface area contributed by atoms with Crippen molar-refractivity contribution in [2.45, 2.75) is 51.7 Å². The molecule has 0 saturated heterocycles. The summed E-state index contributed by atoms with van der Waals surface area (Å²) in [5.74, 6) is -0.696. The molecular weight excluding hydrogens is 454 g/mol. The molecule has 3 aromatic rings. The van der Waals surface area contributed by atoms with Crippen LogP contribution in [0.2, 0.25) is 0 Å². The Labute approximate surface area is 199 Å². The molecule has 1 atom stereocenters. The fourth-order valence-corrected chi connectivity index (χ4v) is 4.67. The van der Waals surface area contributed by atoms with E-state index in [0.717, 1.165) is 22.5 Å². The first kappa shape index (κ1) is 25.1. The Morgan fingerprint density at radius 2 is 1.71 bits per heavy atom. The molecular formula is C24H29N5O4S. The molecule has 2 amide bonds. The zero-order valence-electron chi connectivity index (χ0n) is 19.6. The van der Waals surface area contributed by atoms with Crippen LogP contribution in [0.15, 0.2) is 59.5 Å². The maximum Gasteiger partial charge on any atom is 0.241 e. The topological polar surface area (TPSA) is 122 Å². The minimum absolute atomic E-state index is 0.00175. The summed E-state index contributed by atoms with van der Waals surface area (Å²) in [5.41, 5.74) is 4.46. The van der Waals surface area contributed by atoms with E-state index in [0.29, 0.717) is 12.2 Å². The van der Waals surface area contributed by atoms with Gasteiger partial charge in [0.2, 0.25) is 21.8 Å². The number of benzene rings is 2. The normalized spacial score (nSPS) is 12.2. The minimum Gasteiger partial charge on any atom is -0.351 e. The van der Waals surface area contributed by atoms with Gasteiger partial charge in [0.1, 0.15) is 0 Å². The Balaban J connectivity index is 1.57. The molecule has 0 aliphatic heterocycles. The molecule has 0 aliphatic rings. The zero-order chi connectivity index (χ0) is 24.9. The van der Waals surface area contributed by atoms with Gasteiger partial charge in [-0.2, -0.15) is 9.82 Å². The standard InChI is InChI=1S/C24H29N5O4S/c1-16-12-17(2)29(27-16)15-21-7-5-6-20(13-21)14-25-24(31)18(3)28-34(32,33)23-10-8-22(9-11-23)26-19(4)30/h5-13,18,28H,14-15H2,1-4H3,(H,25,31)(H,26,30)/t18-/m0/s1. The van der Waals surface area contributed by atoms with Crippen molar-refractivity contribution in [1.82, 2.24) is 19.8 Å². The van der Waals surface area contributed by atoms with Crippen molar-refractivity contribution < 1.29 is 18.0 Å². The highest BCUT2D eigenvalue weighted by Crippen LogP contribution is 2.15. The number of carbonyl (C=O) groups is 2. The van der Waals surface area contributed by atoms with Gasteiger partial charge in [-0.25, -0.2) is 8.42 Å². The lowest BCUT2D eigenvalue weighted by molar-refractivity contribution is -0.122. The highest BCUT2D eigenvalue weighted by Gasteiger charge is 2.22. The second-order valence-electron chi connectivity index (χ2n) is 8.17. The average molecular weight is 484 g/mol. The predicted molar refractivity (Wildman–Crippen MR) is 130 cm³/mol. The lowest BCUT2D eigenvalue weighted by Crippen LogP contribution is -2.44. The minimum atomic E-state index is -3.91. The van der Waals surface area contributed by atoms with Gasteiger partial charge in [0.25, 0.3) is 0 Å². The van der Waals surface area contributed by atoms with Gasteiger partial charge in [-0.3, -0.25) is 14.3 Å². The van der Waals surface area contributed by atoms with Crippen LogP contribution in [-0.2, 0) is 32.7 Å². The van der Waals surface area contributed by atoms with Gasteiger partial charge in [0.05, 0.1) is 23.2 Å². The molecule has 34 heavy (non-hydrogen) atoms. The summed E-state index contributed by atoms with van der Waals surface area (Å²) in [4.78, 5) is 23.6. The molecule has 3 N–H and O–H groups in total. The molecule has 0 spiro atoms. The second-order valence-corrected chi connectivity index (χ2v) is 9.89. The Hall–Kier alpha value is -3.50. The number of nitrogens with zero attached hydrogens (tertiary/aromatic N) is 2. The molecule has 3 rings (SSSR count). The number of amides is 2. The number of aryl methyl sites for hydroxylation is 2. The molecule has 180 valence electrons. The SMILES string of the molecule is CC(=O)Nc1ccc(S(=O)(=O)N[C@@H](C)C(=O)NCc2cccc(Cn3nc(C)cc3C)c2)cc1. The summed E-state index contributed by atoms with van der Waals surface area (Å²) in [6.45, 7) is 7.69. The summed E-state index contributed by atoms with van der Waals surface area (Å²) >= 11 is 0. The number of sulfonamides is 1. The lowest BCUT2D eigenvalue weighted by Gasteiger charge is -2.15. The highest BCUT2D eigenvalue weighted by molar-refractivity contribution is 7.89. The molecule has 9 nitrogen and oxygen atoms in total. The van der Waals surface area contributed by atoms with E-state index in [1.165, 1.54) is 38.1 Å². The van der Waals surface area contributed by atoms with Crippen molar-refractivity contribution in [3.63, 3.8) is 0 Å². The van der Waals surface area contributed by atoms with E-state index in [1.807, 2.05) is 48.9 Å². The van der Waals surface area contributed by atoms with Gasteiger partial charge in [0, 0.05) is 24.8 Å². The number of hydrogen-bond acceptors (Lipinski definition) is 5. The average Bonchev–Trinajstić information content (AvgIpc) is 3.08. The van der Waals surface area contributed by atoms with Crippen LogP contribution in [0.1, 0.15) is 36.4 Å².